The topological polar surface area (TPSA) is 66.4 Å². The van der Waals surface area contributed by atoms with E-state index < -0.39 is 11.5 Å². The van der Waals surface area contributed by atoms with Gasteiger partial charge in [-0.2, -0.15) is 0 Å². The van der Waals surface area contributed by atoms with Crippen LogP contribution in [0.1, 0.15) is 47.2 Å². The molecule has 0 radical (unpaired) electrons. The zero-order valence-corrected chi connectivity index (χ0v) is 11.3. The van der Waals surface area contributed by atoms with Crippen LogP contribution in [0, 0.1) is 13.8 Å². The number of rotatable bonds is 4. The molecule has 1 aliphatic rings. The van der Waals surface area contributed by atoms with E-state index in [4.69, 9.17) is 5.11 Å². The number of nitrogens with one attached hydrogen (secondary N) is 1. The number of carbonyl (C=O) groups is 2. The van der Waals surface area contributed by atoms with E-state index in [0.717, 1.165) is 30.4 Å². The Morgan fingerprint density at radius 1 is 1.32 bits per heavy atom. The van der Waals surface area contributed by atoms with E-state index in [2.05, 4.69) is 5.32 Å². The molecule has 0 bridgehead atoms. The molecule has 2 rings (SSSR count). The van der Waals surface area contributed by atoms with Gasteiger partial charge in [-0.1, -0.05) is 17.7 Å². The highest BCUT2D eigenvalue weighted by Crippen LogP contribution is 2.35. The minimum Gasteiger partial charge on any atom is -0.481 e. The molecule has 0 heterocycles. The van der Waals surface area contributed by atoms with Gasteiger partial charge in [0.05, 0.1) is 12.0 Å². The van der Waals surface area contributed by atoms with Gasteiger partial charge in [-0.05, 0) is 44.7 Å². The Morgan fingerprint density at radius 2 is 2.00 bits per heavy atom. The fraction of sp³-hybridized carbons (Fsp3) is 0.467. The van der Waals surface area contributed by atoms with Crippen LogP contribution >= 0.6 is 0 Å². The minimum atomic E-state index is -0.861. The monoisotopic (exact) mass is 261 g/mol. The molecule has 0 aliphatic heterocycles. The minimum absolute atomic E-state index is 0.00362. The molecule has 102 valence electrons. The third kappa shape index (κ3) is 2.95. The van der Waals surface area contributed by atoms with Gasteiger partial charge in [-0.25, -0.2) is 0 Å². The second kappa shape index (κ2) is 5.03. The first-order valence-corrected chi connectivity index (χ1v) is 6.53. The Hall–Kier alpha value is -1.84. The van der Waals surface area contributed by atoms with Crippen LogP contribution in [0.2, 0.25) is 0 Å². The zero-order valence-electron chi connectivity index (χ0n) is 11.3. The highest BCUT2D eigenvalue weighted by atomic mass is 16.4. The molecule has 0 aromatic heterocycles. The molecule has 19 heavy (non-hydrogen) atoms. The van der Waals surface area contributed by atoms with Crippen molar-refractivity contribution in [2.24, 2.45) is 0 Å². The summed E-state index contributed by atoms with van der Waals surface area (Å²) in [5.41, 5.74) is 2.11. The highest BCUT2D eigenvalue weighted by molar-refractivity contribution is 5.96. The van der Waals surface area contributed by atoms with Gasteiger partial charge in [0.15, 0.2) is 0 Å². The van der Waals surface area contributed by atoms with Crippen molar-refractivity contribution < 1.29 is 14.7 Å². The van der Waals surface area contributed by atoms with Crippen molar-refractivity contribution in [3.63, 3.8) is 0 Å². The van der Waals surface area contributed by atoms with Crippen LogP contribution in [0.15, 0.2) is 18.2 Å². The Kier molecular flexibility index (Phi) is 3.60. The summed E-state index contributed by atoms with van der Waals surface area (Å²) in [7, 11) is 0. The molecular weight excluding hydrogens is 242 g/mol. The summed E-state index contributed by atoms with van der Waals surface area (Å²) < 4.78 is 0. The average molecular weight is 261 g/mol. The lowest BCUT2D eigenvalue weighted by molar-refractivity contribution is -0.139. The number of aryl methyl sites for hydroxylation is 2. The molecule has 1 aliphatic carbocycles. The quantitative estimate of drug-likeness (QED) is 0.874. The predicted molar refractivity (Wildman–Crippen MR) is 72.2 cm³/mol. The van der Waals surface area contributed by atoms with E-state index in [1.807, 2.05) is 26.0 Å². The van der Waals surface area contributed by atoms with Crippen LogP contribution in [0.25, 0.3) is 0 Å². The van der Waals surface area contributed by atoms with Crippen molar-refractivity contribution in [1.82, 2.24) is 5.32 Å². The maximum atomic E-state index is 12.3. The number of carbonyl (C=O) groups excluding carboxylic acids is 1. The van der Waals surface area contributed by atoms with E-state index in [1.165, 1.54) is 0 Å². The summed E-state index contributed by atoms with van der Waals surface area (Å²) in [4.78, 5) is 23.1. The number of benzene rings is 1. The molecule has 4 heteroatoms. The van der Waals surface area contributed by atoms with Crippen molar-refractivity contribution in [2.45, 2.75) is 45.1 Å². The lowest BCUT2D eigenvalue weighted by atomic mass is 9.74. The van der Waals surface area contributed by atoms with Gasteiger partial charge < -0.3 is 10.4 Å². The molecule has 1 aromatic rings. The summed E-state index contributed by atoms with van der Waals surface area (Å²) >= 11 is 0. The summed E-state index contributed by atoms with van der Waals surface area (Å²) in [6.07, 6.45) is 2.47. The number of hydrogen-bond acceptors (Lipinski definition) is 2. The summed E-state index contributed by atoms with van der Waals surface area (Å²) in [6, 6.07) is 5.65. The normalized spacial score (nSPS) is 16.5. The number of amides is 1. The summed E-state index contributed by atoms with van der Waals surface area (Å²) in [5.74, 6) is -1.03. The maximum Gasteiger partial charge on any atom is 0.305 e. The van der Waals surface area contributed by atoms with Gasteiger partial charge in [0.2, 0.25) is 0 Å². The molecule has 0 unspecified atom stereocenters. The van der Waals surface area contributed by atoms with E-state index in [0.29, 0.717) is 5.56 Å². The molecular formula is C15H19NO3. The standard InChI is InChI=1S/C15H19NO3/c1-10-4-5-12(11(2)8-10)14(19)16-15(6-3-7-15)9-13(17)18/h4-5,8H,3,6-7,9H2,1-2H3,(H,16,19)(H,17,18). The fourth-order valence-corrected chi connectivity index (χ4v) is 2.62. The average Bonchev–Trinajstić information content (AvgIpc) is 2.25. The smallest absolute Gasteiger partial charge is 0.305 e. The Labute approximate surface area is 112 Å². The Morgan fingerprint density at radius 3 is 2.47 bits per heavy atom. The van der Waals surface area contributed by atoms with Crippen molar-refractivity contribution in [2.75, 3.05) is 0 Å². The summed E-state index contributed by atoms with van der Waals surface area (Å²) in [6.45, 7) is 3.87. The van der Waals surface area contributed by atoms with Gasteiger partial charge in [0.1, 0.15) is 0 Å². The van der Waals surface area contributed by atoms with E-state index in [-0.39, 0.29) is 12.3 Å². The van der Waals surface area contributed by atoms with Gasteiger partial charge >= 0.3 is 5.97 Å². The number of carboxylic acid groups (broad SMARTS) is 1. The molecule has 1 aromatic carbocycles. The second-order valence-corrected chi connectivity index (χ2v) is 5.48. The number of hydrogen-bond donors (Lipinski definition) is 2. The Balaban J connectivity index is 2.13. The third-order valence-corrected chi connectivity index (χ3v) is 3.81. The zero-order chi connectivity index (χ0) is 14.0. The van der Waals surface area contributed by atoms with Crippen LogP contribution in [-0.4, -0.2) is 22.5 Å². The molecule has 0 saturated heterocycles. The molecule has 1 fully saturated rings. The van der Waals surface area contributed by atoms with Crippen LogP contribution < -0.4 is 5.32 Å². The maximum absolute atomic E-state index is 12.3. The Bertz CT molecular complexity index is 518. The van der Waals surface area contributed by atoms with Gasteiger partial charge in [-0.15, -0.1) is 0 Å². The van der Waals surface area contributed by atoms with E-state index in [9.17, 15) is 9.59 Å². The van der Waals surface area contributed by atoms with E-state index in [1.54, 1.807) is 6.07 Å². The largest absolute Gasteiger partial charge is 0.481 e. The molecule has 0 spiro atoms. The first-order chi connectivity index (χ1) is 8.92. The lowest BCUT2D eigenvalue weighted by Gasteiger charge is -2.41. The van der Waals surface area contributed by atoms with Crippen LogP contribution in [0.4, 0.5) is 0 Å². The third-order valence-electron chi connectivity index (χ3n) is 3.81. The number of carboxylic acids is 1. The predicted octanol–water partition coefficient (Wildman–Crippen LogP) is 2.43. The molecule has 0 atom stereocenters. The highest BCUT2D eigenvalue weighted by Gasteiger charge is 2.40. The summed E-state index contributed by atoms with van der Waals surface area (Å²) in [5, 5.41) is 11.9. The lowest BCUT2D eigenvalue weighted by Crippen LogP contribution is -2.54. The van der Waals surface area contributed by atoms with Crippen molar-refractivity contribution in [3.05, 3.63) is 34.9 Å². The van der Waals surface area contributed by atoms with Crippen molar-refractivity contribution >= 4 is 11.9 Å². The molecule has 2 N–H and O–H groups in total. The second-order valence-electron chi connectivity index (χ2n) is 5.48. The SMILES string of the molecule is Cc1ccc(C(=O)NC2(CC(=O)O)CCC2)c(C)c1. The van der Waals surface area contributed by atoms with Crippen LogP contribution in [-0.2, 0) is 4.79 Å². The molecule has 1 amide bonds. The van der Waals surface area contributed by atoms with Crippen molar-refractivity contribution in [1.29, 1.82) is 0 Å². The molecule has 1 saturated carbocycles. The van der Waals surface area contributed by atoms with Gasteiger partial charge in [0.25, 0.3) is 5.91 Å². The number of aliphatic carboxylic acids is 1. The van der Waals surface area contributed by atoms with Crippen molar-refractivity contribution in [3.8, 4) is 0 Å². The first-order valence-electron chi connectivity index (χ1n) is 6.53. The van der Waals surface area contributed by atoms with Gasteiger partial charge in [0, 0.05) is 5.56 Å². The molecule has 4 nitrogen and oxygen atoms in total. The van der Waals surface area contributed by atoms with Crippen LogP contribution in [0.3, 0.4) is 0 Å². The first kappa shape index (κ1) is 13.6. The van der Waals surface area contributed by atoms with Crippen LogP contribution in [0.5, 0.6) is 0 Å². The van der Waals surface area contributed by atoms with Gasteiger partial charge in [-0.3, -0.25) is 9.59 Å². The van der Waals surface area contributed by atoms with E-state index >= 15 is 0 Å². The fourth-order valence-electron chi connectivity index (χ4n) is 2.62.